The van der Waals surface area contributed by atoms with Crippen LogP contribution in [0.4, 0.5) is 5.95 Å². The van der Waals surface area contributed by atoms with E-state index in [1.54, 1.807) is 7.11 Å². The molecule has 5 heteroatoms. The summed E-state index contributed by atoms with van der Waals surface area (Å²) in [6.45, 7) is 8.61. The molecule has 0 aliphatic carbocycles. The van der Waals surface area contributed by atoms with Gasteiger partial charge in [-0.1, -0.05) is 12.1 Å². The van der Waals surface area contributed by atoms with Gasteiger partial charge in [0.15, 0.2) is 0 Å². The largest absolute Gasteiger partial charge is 0.497 e. The van der Waals surface area contributed by atoms with Gasteiger partial charge in [0, 0.05) is 50.2 Å². The van der Waals surface area contributed by atoms with Gasteiger partial charge in [0.05, 0.1) is 7.11 Å². The van der Waals surface area contributed by atoms with Crippen molar-refractivity contribution in [1.29, 1.82) is 0 Å². The summed E-state index contributed by atoms with van der Waals surface area (Å²) in [5, 5.41) is 0. The number of nitrogens with zero attached hydrogens (tertiary/aromatic N) is 4. The topological polar surface area (TPSA) is 41.5 Å². The summed E-state index contributed by atoms with van der Waals surface area (Å²) in [6, 6.07) is 8.57. The van der Waals surface area contributed by atoms with Gasteiger partial charge in [0.25, 0.3) is 0 Å². The lowest BCUT2D eigenvalue weighted by Crippen LogP contribution is -2.49. The Hall–Kier alpha value is -2.14. The van der Waals surface area contributed by atoms with Gasteiger partial charge < -0.3 is 9.64 Å². The second-order valence-electron chi connectivity index (χ2n) is 6.12. The van der Waals surface area contributed by atoms with Crippen molar-refractivity contribution in [3.8, 4) is 16.9 Å². The molecule has 0 radical (unpaired) electrons. The normalized spacial score (nSPS) is 15.9. The summed E-state index contributed by atoms with van der Waals surface area (Å²) in [7, 11) is 1.67. The van der Waals surface area contributed by atoms with Gasteiger partial charge in [-0.15, -0.1) is 0 Å². The van der Waals surface area contributed by atoms with Crippen LogP contribution in [-0.4, -0.2) is 54.2 Å². The van der Waals surface area contributed by atoms with Crippen LogP contribution >= 0.6 is 0 Å². The maximum absolute atomic E-state index is 5.19. The first kappa shape index (κ1) is 15.7. The number of benzene rings is 1. The van der Waals surface area contributed by atoms with Crippen molar-refractivity contribution in [3.63, 3.8) is 0 Å². The third-order valence-electron chi connectivity index (χ3n) is 4.39. The summed E-state index contributed by atoms with van der Waals surface area (Å²) in [5.74, 6) is 1.68. The number of piperazine rings is 1. The number of anilines is 1. The van der Waals surface area contributed by atoms with E-state index in [-0.39, 0.29) is 0 Å². The fraction of sp³-hybridized carbons (Fsp3) is 0.444. The van der Waals surface area contributed by atoms with Gasteiger partial charge in [-0.2, -0.15) is 0 Å². The minimum absolute atomic E-state index is 0.607. The average Bonchev–Trinajstić information content (AvgIpc) is 2.62. The van der Waals surface area contributed by atoms with E-state index in [0.717, 1.165) is 49.0 Å². The van der Waals surface area contributed by atoms with Gasteiger partial charge in [0.2, 0.25) is 5.95 Å². The molecule has 1 aliphatic rings. The van der Waals surface area contributed by atoms with E-state index in [0.29, 0.717) is 6.04 Å². The van der Waals surface area contributed by atoms with Crippen molar-refractivity contribution >= 4 is 5.95 Å². The minimum atomic E-state index is 0.607. The molecule has 23 heavy (non-hydrogen) atoms. The van der Waals surface area contributed by atoms with Crippen LogP contribution in [0.1, 0.15) is 13.8 Å². The van der Waals surface area contributed by atoms with Crippen LogP contribution in [0.15, 0.2) is 36.7 Å². The standard InChI is InChI=1S/C18H24N4O/c1-14(2)21-8-10-22(11-9-21)18-19-12-16(13-20-18)15-4-6-17(23-3)7-5-15/h4-7,12-14H,8-11H2,1-3H3. The van der Waals surface area contributed by atoms with E-state index in [2.05, 4.69) is 33.6 Å². The van der Waals surface area contributed by atoms with E-state index < -0.39 is 0 Å². The van der Waals surface area contributed by atoms with Crippen molar-refractivity contribution in [2.24, 2.45) is 0 Å². The van der Waals surface area contributed by atoms with Crippen LogP contribution in [0.3, 0.4) is 0 Å². The second-order valence-corrected chi connectivity index (χ2v) is 6.12. The van der Waals surface area contributed by atoms with Crippen molar-refractivity contribution in [3.05, 3.63) is 36.7 Å². The Labute approximate surface area is 137 Å². The monoisotopic (exact) mass is 312 g/mol. The van der Waals surface area contributed by atoms with Gasteiger partial charge in [-0.25, -0.2) is 9.97 Å². The molecule has 1 fully saturated rings. The van der Waals surface area contributed by atoms with Crippen LogP contribution in [-0.2, 0) is 0 Å². The lowest BCUT2D eigenvalue weighted by molar-refractivity contribution is 0.208. The molecule has 0 amide bonds. The zero-order valence-corrected chi connectivity index (χ0v) is 14.1. The maximum Gasteiger partial charge on any atom is 0.225 e. The van der Waals surface area contributed by atoms with Crippen LogP contribution < -0.4 is 9.64 Å². The first-order valence-electron chi connectivity index (χ1n) is 8.13. The number of hydrogen-bond acceptors (Lipinski definition) is 5. The van der Waals surface area contributed by atoms with Crippen LogP contribution in [0.25, 0.3) is 11.1 Å². The molecule has 122 valence electrons. The lowest BCUT2D eigenvalue weighted by Gasteiger charge is -2.36. The molecule has 0 saturated carbocycles. The van der Waals surface area contributed by atoms with Crippen LogP contribution in [0.5, 0.6) is 5.75 Å². The molecule has 0 atom stereocenters. The highest BCUT2D eigenvalue weighted by molar-refractivity contribution is 5.62. The predicted molar refractivity (Wildman–Crippen MR) is 92.9 cm³/mol. The molecule has 1 aromatic heterocycles. The third-order valence-corrected chi connectivity index (χ3v) is 4.39. The fourth-order valence-corrected chi connectivity index (χ4v) is 2.86. The summed E-state index contributed by atoms with van der Waals surface area (Å²) in [6.07, 6.45) is 3.80. The first-order chi connectivity index (χ1) is 11.2. The van der Waals surface area contributed by atoms with E-state index in [4.69, 9.17) is 4.74 Å². The van der Waals surface area contributed by atoms with Crippen molar-refractivity contribution in [2.45, 2.75) is 19.9 Å². The highest BCUT2D eigenvalue weighted by Gasteiger charge is 2.20. The molecule has 2 heterocycles. The Balaban J connectivity index is 1.67. The molecule has 3 rings (SSSR count). The van der Waals surface area contributed by atoms with Crippen LogP contribution in [0, 0.1) is 0 Å². The first-order valence-corrected chi connectivity index (χ1v) is 8.13. The van der Waals surface area contributed by atoms with Gasteiger partial charge >= 0.3 is 0 Å². The number of hydrogen-bond donors (Lipinski definition) is 0. The van der Waals surface area contributed by atoms with Gasteiger partial charge in [-0.05, 0) is 31.5 Å². The molecule has 1 aromatic carbocycles. The highest BCUT2D eigenvalue weighted by atomic mass is 16.5. The maximum atomic E-state index is 5.19. The van der Waals surface area contributed by atoms with Crippen molar-refractivity contribution in [1.82, 2.24) is 14.9 Å². The van der Waals surface area contributed by atoms with E-state index >= 15 is 0 Å². The molecular formula is C18H24N4O. The molecular weight excluding hydrogens is 288 g/mol. The molecule has 1 saturated heterocycles. The molecule has 0 bridgehead atoms. The zero-order chi connectivity index (χ0) is 16.2. The Morgan fingerprint density at radius 2 is 1.52 bits per heavy atom. The van der Waals surface area contributed by atoms with E-state index in [1.807, 2.05) is 36.7 Å². The highest BCUT2D eigenvalue weighted by Crippen LogP contribution is 2.22. The summed E-state index contributed by atoms with van der Waals surface area (Å²) >= 11 is 0. The summed E-state index contributed by atoms with van der Waals surface area (Å²) in [5.41, 5.74) is 2.12. The van der Waals surface area contributed by atoms with Crippen molar-refractivity contribution in [2.75, 3.05) is 38.2 Å². The predicted octanol–water partition coefficient (Wildman–Crippen LogP) is 2.68. The number of rotatable bonds is 4. The third kappa shape index (κ3) is 3.62. The summed E-state index contributed by atoms with van der Waals surface area (Å²) < 4.78 is 5.19. The van der Waals surface area contributed by atoms with E-state index in [9.17, 15) is 0 Å². The van der Waals surface area contributed by atoms with Crippen molar-refractivity contribution < 1.29 is 4.74 Å². The SMILES string of the molecule is COc1ccc(-c2cnc(N3CCN(C(C)C)CC3)nc2)cc1. The van der Waals surface area contributed by atoms with Gasteiger partial charge in [0.1, 0.15) is 5.75 Å². The summed E-state index contributed by atoms with van der Waals surface area (Å²) in [4.78, 5) is 13.9. The molecule has 5 nitrogen and oxygen atoms in total. The number of aromatic nitrogens is 2. The quantitative estimate of drug-likeness (QED) is 0.868. The zero-order valence-electron chi connectivity index (χ0n) is 14.1. The van der Waals surface area contributed by atoms with Crippen LogP contribution in [0.2, 0.25) is 0 Å². The molecule has 0 spiro atoms. The Morgan fingerprint density at radius 3 is 2.04 bits per heavy atom. The van der Waals surface area contributed by atoms with E-state index in [1.165, 1.54) is 0 Å². The molecule has 0 N–H and O–H groups in total. The number of ether oxygens (including phenoxy) is 1. The Morgan fingerprint density at radius 1 is 0.913 bits per heavy atom. The lowest BCUT2D eigenvalue weighted by atomic mass is 10.1. The average molecular weight is 312 g/mol. The smallest absolute Gasteiger partial charge is 0.225 e. The second kappa shape index (κ2) is 6.96. The molecule has 2 aromatic rings. The Bertz CT molecular complexity index is 616. The van der Waals surface area contributed by atoms with Gasteiger partial charge in [-0.3, -0.25) is 4.90 Å². The fourth-order valence-electron chi connectivity index (χ4n) is 2.86. The number of methoxy groups -OCH3 is 1. The molecule has 1 aliphatic heterocycles. The Kier molecular flexibility index (Phi) is 4.76. The molecule has 0 unspecified atom stereocenters. The minimum Gasteiger partial charge on any atom is -0.497 e.